The minimum Gasteiger partial charge on any atom is -0.448 e. The molecule has 1 atom stereocenters. The number of carbonyl (C=O) groups excluding carboxylic acids is 2. The second-order valence-electron chi connectivity index (χ2n) is 4.90. The van der Waals surface area contributed by atoms with Crippen molar-refractivity contribution in [2.75, 3.05) is 5.32 Å². The van der Waals surface area contributed by atoms with Crippen LogP contribution in [0.25, 0.3) is 0 Å². The maximum absolute atomic E-state index is 13.5. The van der Waals surface area contributed by atoms with Gasteiger partial charge in [0.25, 0.3) is 5.91 Å². The Morgan fingerprint density at radius 2 is 2.17 bits per heavy atom. The molecule has 1 aromatic heterocycles. The summed E-state index contributed by atoms with van der Waals surface area (Å²) in [5, 5.41) is 6.32. The van der Waals surface area contributed by atoms with Gasteiger partial charge in [-0.05, 0) is 49.5 Å². The first-order valence-corrected chi connectivity index (χ1v) is 7.79. The zero-order valence-electron chi connectivity index (χ0n) is 12.9. The van der Waals surface area contributed by atoms with Gasteiger partial charge in [-0.2, -0.15) is 0 Å². The first-order chi connectivity index (χ1) is 10.9. The van der Waals surface area contributed by atoms with Crippen LogP contribution in [0.4, 0.5) is 10.1 Å². The van der Waals surface area contributed by atoms with Crippen LogP contribution in [0.5, 0.6) is 0 Å². The Hall–Kier alpha value is -2.35. The molecular formula is C15H16FN3O3S. The van der Waals surface area contributed by atoms with Gasteiger partial charge in [0.15, 0.2) is 11.0 Å². The van der Waals surface area contributed by atoms with Crippen molar-refractivity contribution in [3.63, 3.8) is 0 Å². The molecule has 8 heteroatoms. The molecule has 0 unspecified atom stereocenters. The van der Waals surface area contributed by atoms with Crippen LogP contribution >= 0.6 is 11.5 Å². The Kier molecular flexibility index (Phi) is 5.38. The second kappa shape index (κ2) is 7.28. The number of aryl methyl sites for hydroxylation is 2. The first-order valence-electron chi connectivity index (χ1n) is 7.01. The van der Waals surface area contributed by atoms with E-state index in [1.165, 1.54) is 13.0 Å². The Balaban J connectivity index is 1.99. The average Bonchev–Trinajstić information content (AvgIpc) is 2.99. The van der Waals surface area contributed by atoms with Crippen molar-refractivity contribution in [1.29, 1.82) is 0 Å². The number of rotatable bonds is 5. The van der Waals surface area contributed by atoms with Gasteiger partial charge in [0, 0.05) is 5.69 Å². The summed E-state index contributed by atoms with van der Waals surface area (Å²) in [5.41, 5.74) is 1.31. The average molecular weight is 337 g/mol. The summed E-state index contributed by atoms with van der Waals surface area (Å²) in [5.74, 6) is -1.61. The lowest BCUT2D eigenvalue weighted by atomic mass is 10.2. The minimum atomic E-state index is -1.03. The van der Waals surface area contributed by atoms with Gasteiger partial charge in [-0.25, -0.2) is 9.18 Å². The fourth-order valence-electron chi connectivity index (χ4n) is 1.78. The third-order valence-electron chi connectivity index (χ3n) is 3.17. The number of nitrogens with zero attached hydrogens (tertiary/aromatic N) is 2. The summed E-state index contributed by atoms with van der Waals surface area (Å²) in [4.78, 5) is 24.3. The smallest absolute Gasteiger partial charge is 0.352 e. The van der Waals surface area contributed by atoms with E-state index in [0.29, 0.717) is 23.4 Å². The summed E-state index contributed by atoms with van der Waals surface area (Å²) in [6.07, 6.45) is -0.483. The van der Waals surface area contributed by atoms with Gasteiger partial charge in [-0.15, -0.1) is 5.10 Å². The van der Waals surface area contributed by atoms with Crippen molar-refractivity contribution in [3.05, 3.63) is 40.2 Å². The van der Waals surface area contributed by atoms with Gasteiger partial charge in [-0.3, -0.25) is 4.79 Å². The van der Waals surface area contributed by atoms with E-state index in [9.17, 15) is 14.0 Å². The van der Waals surface area contributed by atoms with Crippen LogP contribution in [0.15, 0.2) is 18.2 Å². The first kappa shape index (κ1) is 17.0. The van der Waals surface area contributed by atoms with Crippen LogP contribution < -0.4 is 5.32 Å². The van der Waals surface area contributed by atoms with Crippen molar-refractivity contribution in [2.45, 2.75) is 33.3 Å². The van der Waals surface area contributed by atoms with Gasteiger partial charge < -0.3 is 10.1 Å². The van der Waals surface area contributed by atoms with Crippen LogP contribution in [0.2, 0.25) is 0 Å². The molecule has 0 spiro atoms. The molecule has 0 aliphatic carbocycles. The number of halogens is 1. The van der Waals surface area contributed by atoms with Crippen molar-refractivity contribution < 1.29 is 18.7 Å². The number of anilines is 1. The third kappa shape index (κ3) is 4.10. The molecule has 0 aliphatic rings. The molecule has 23 heavy (non-hydrogen) atoms. The molecule has 0 saturated heterocycles. The predicted molar refractivity (Wildman–Crippen MR) is 83.9 cm³/mol. The number of hydrogen-bond donors (Lipinski definition) is 1. The fourth-order valence-corrected chi connectivity index (χ4v) is 2.41. The summed E-state index contributed by atoms with van der Waals surface area (Å²) >= 11 is 0.927. The van der Waals surface area contributed by atoms with Crippen LogP contribution in [0.3, 0.4) is 0 Å². The van der Waals surface area contributed by atoms with E-state index in [4.69, 9.17) is 4.74 Å². The maximum atomic E-state index is 13.5. The quantitative estimate of drug-likeness (QED) is 0.849. The molecule has 1 N–H and O–H groups in total. The fraction of sp³-hybridized carbons (Fsp3) is 0.333. The monoisotopic (exact) mass is 337 g/mol. The highest BCUT2D eigenvalue weighted by molar-refractivity contribution is 7.07. The molecule has 2 aromatic rings. The van der Waals surface area contributed by atoms with Gasteiger partial charge >= 0.3 is 5.97 Å². The van der Waals surface area contributed by atoms with E-state index in [-0.39, 0.29) is 4.88 Å². The lowest BCUT2D eigenvalue weighted by Crippen LogP contribution is -2.30. The van der Waals surface area contributed by atoms with Gasteiger partial charge in [0.05, 0.1) is 5.69 Å². The van der Waals surface area contributed by atoms with Crippen LogP contribution in [0, 0.1) is 12.7 Å². The molecule has 1 amide bonds. The summed E-state index contributed by atoms with van der Waals surface area (Å²) < 4.78 is 22.3. The van der Waals surface area contributed by atoms with E-state index in [0.717, 1.165) is 11.5 Å². The number of benzene rings is 1. The SMILES string of the molecule is CCc1nnsc1C(=O)O[C@@H](C)C(=O)Nc1ccc(C)c(F)c1. The number of nitrogens with one attached hydrogen (secondary N) is 1. The van der Waals surface area contributed by atoms with E-state index in [1.54, 1.807) is 19.1 Å². The molecule has 0 bridgehead atoms. The largest absolute Gasteiger partial charge is 0.448 e. The molecule has 6 nitrogen and oxygen atoms in total. The van der Waals surface area contributed by atoms with Gasteiger partial charge in [0.1, 0.15) is 5.82 Å². The second-order valence-corrected chi connectivity index (χ2v) is 5.66. The lowest BCUT2D eigenvalue weighted by Gasteiger charge is -2.13. The van der Waals surface area contributed by atoms with E-state index >= 15 is 0 Å². The highest BCUT2D eigenvalue weighted by Crippen LogP contribution is 2.16. The summed E-state index contributed by atoms with van der Waals surface area (Å²) in [6.45, 7) is 4.91. The minimum absolute atomic E-state index is 0.286. The van der Waals surface area contributed by atoms with Gasteiger partial charge in [-0.1, -0.05) is 17.5 Å². The Morgan fingerprint density at radius 3 is 2.83 bits per heavy atom. The topological polar surface area (TPSA) is 81.2 Å². The van der Waals surface area contributed by atoms with Crippen LogP contribution in [-0.4, -0.2) is 27.6 Å². The molecule has 0 aliphatic heterocycles. The molecule has 2 rings (SSSR count). The van der Waals surface area contributed by atoms with Gasteiger partial charge in [0.2, 0.25) is 0 Å². The molecule has 0 radical (unpaired) electrons. The molecule has 0 saturated carbocycles. The molecule has 122 valence electrons. The normalized spacial score (nSPS) is 11.8. The number of carbonyl (C=O) groups is 2. The summed E-state index contributed by atoms with van der Waals surface area (Å²) in [6, 6.07) is 4.34. The highest BCUT2D eigenvalue weighted by atomic mass is 32.1. The Labute approximate surface area is 136 Å². The Morgan fingerprint density at radius 1 is 1.43 bits per heavy atom. The summed E-state index contributed by atoms with van der Waals surface area (Å²) in [7, 11) is 0. The number of hydrogen-bond acceptors (Lipinski definition) is 6. The Bertz CT molecular complexity index is 733. The number of esters is 1. The molecule has 1 aromatic carbocycles. The van der Waals surface area contributed by atoms with Crippen molar-refractivity contribution >= 4 is 29.1 Å². The third-order valence-corrected chi connectivity index (χ3v) is 3.92. The number of amides is 1. The molecule has 1 heterocycles. The highest BCUT2D eigenvalue weighted by Gasteiger charge is 2.23. The predicted octanol–water partition coefficient (Wildman–Crippen LogP) is 2.73. The number of aromatic nitrogens is 2. The van der Waals surface area contributed by atoms with Crippen molar-refractivity contribution in [2.24, 2.45) is 0 Å². The van der Waals surface area contributed by atoms with E-state index in [1.807, 2.05) is 6.92 Å². The molecular weight excluding hydrogens is 321 g/mol. The van der Waals surface area contributed by atoms with Crippen molar-refractivity contribution in [1.82, 2.24) is 9.59 Å². The van der Waals surface area contributed by atoms with E-state index in [2.05, 4.69) is 14.9 Å². The maximum Gasteiger partial charge on any atom is 0.352 e. The van der Waals surface area contributed by atoms with Crippen molar-refractivity contribution in [3.8, 4) is 0 Å². The zero-order valence-corrected chi connectivity index (χ0v) is 13.7. The lowest BCUT2D eigenvalue weighted by molar-refractivity contribution is -0.123. The van der Waals surface area contributed by atoms with Crippen LogP contribution in [0.1, 0.15) is 34.8 Å². The number of ether oxygens (including phenoxy) is 1. The zero-order chi connectivity index (χ0) is 17.0. The molecule has 0 fully saturated rings. The van der Waals surface area contributed by atoms with Crippen LogP contribution in [-0.2, 0) is 16.0 Å². The van der Waals surface area contributed by atoms with E-state index < -0.39 is 23.8 Å². The standard InChI is InChI=1S/C15H16FN3O3S/c1-4-12-13(23-19-18-12)15(21)22-9(3)14(20)17-10-6-5-8(2)11(16)7-10/h5-7,9H,4H2,1-3H3,(H,17,20)/t9-/m0/s1.